The molecule has 21 heavy (non-hydrogen) atoms. The van der Waals surface area contributed by atoms with Gasteiger partial charge in [-0.25, -0.2) is 8.78 Å². The summed E-state index contributed by atoms with van der Waals surface area (Å²) in [4.78, 5) is 0. The third kappa shape index (κ3) is 3.85. The molecule has 0 heterocycles. The van der Waals surface area contributed by atoms with Gasteiger partial charge in [0.15, 0.2) is 0 Å². The summed E-state index contributed by atoms with van der Waals surface area (Å²) in [5, 5.41) is 2.18. The highest BCUT2D eigenvalue weighted by Crippen LogP contribution is 2.36. The maximum Gasteiger partial charge on any atom is 0.417 e. The molecule has 0 aliphatic carbocycles. The standard InChI is InChI=1S/C14H9ClF5N/c15-12-3-2-10(6-11(12)14(18,19)20)21-7-8-5-9(16)1-4-13(8)17/h1-6,21H,7H2. The summed E-state index contributed by atoms with van der Waals surface area (Å²) in [5.74, 6) is -1.27. The zero-order valence-corrected chi connectivity index (χ0v) is 11.2. The van der Waals surface area contributed by atoms with E-state index < -0.39 is 28.4 Å². The smallest absolute Gasteiger partial charge is 0.381 e. The number of benzene rings is 2. The second-order valence-electron chi connectivity index (χ2n) is 4.28. The van der Waals surface area contributed by atoms with E-state index in [-0.39, 0.29) is 17.8 Å². The van der Waals surface area contributed by atoms with Crippen LogP contribution >= 0.6 is 11.6 Å². The number of halogens is 6. The molecule has 112 valence electrons. The Balaban J connectivity index is 2.19. The molecule has 0 saturated heterocycles. The van der Waals surface area contributed by atoms with Crippen molar-refractivity contribution in [1.82, 2.24) is 0 Å². The van der Waals surface area contributed by atoms with E-state index in [0.29, 0.717) is 0 Å². The lowest BCUT2D eigenvalue weighted by molar-refractivity contribution is -0.137. The van der Waals surface area contributed by atoms with Crippen LogP contribution in [0.1, 0.15) is 11.1 Å². The van der Waals surface area contributed by atoms with Gasteiger partial charge < -0.3 is 5.32 Å². The van der Waals surface area contributed by atoms with Crippen LogP contribution in [-0.2, 0) is 12.7 Å². The molecule has 1 N–H and O–H groups in total. The first-order chi connectivity index (χ1) is 9.77. The fourth-order valence-corrected chi connectivity index (χ4v) is 1.95. The average Bonchev–Trinajstić information content (AvgIpc) is 2.40. The largest absolute Gasteiger partial charge is 0.417 e. The highest BCUT2D eigenvalue weighted by Gasteiger charge is 2.33. The summed E-state index contributed by atoms with van der Waals surface area (Å²) in [7, 11) is 0. The predicted octanol–water partition coefficient (Wildman–Crippen LogP) is 5.25. The quantitative estimate of drug-likeness (QED) is 0.761. The van der Waals surface area contributed by atoms with Gasteiger partial charge in [0.1, 0.15) is 11.6 Å². The van der Waals surface area contributed by atoms with Crippen molar-refractivity contribution < 1.29 is 22.0 Å². The van der Waals surface area contributed by atoms with Gasteiger partial charge in [-0.1, -0.05) is 11.6 Å². The van der Waals surface area contributed by atoms with Crippen LogP contribution in [0.4, 0.5) is 27.6 Å². The van der Waals surface area contributed by atoms with Crippen molar-refractivity contribution in [2.24, 2.45) is 0 Å². The fraction of sp³-hybridized carbons (Fsp3) is 0.143. The van der Waals surface area contributed by atoms with Crippen molar-refractivity contribution >= 4 is 17.3 Å². The molecule has 0 spiro atoms. The highest BCUT2D eigenvalue weighted by atomic mass is 35.5. The van der Waals surface area contributed by atoms with Crippen LogP contribution in [0.25, 0.3) is 0 Å². The van der Waals surface area contributed by atoms with E-state index in [9.17, 15) is 22.0 Å². The monoisotopic (exact) mass is 321 g/mol. The van der Waals surface area contributed by atoms with Crippen LogP contribution in [0, 0.1) is 11.6 Å². The van der Waals surface area contributed by atoms with Crippen molar-refractivity contribution in [3.63, 3.8) is 0 Å². The summed E-state index contributed by atoms with van der Waals surface area (Å²) in [6, 6.07) is 6.13. The Morgan fingerprint density at radius 1 is 1.00 bits per heavy atom. The van der Waals surface area contributed by atoms with Crippen LogP contribution in [-0.4, -0.2) is 0 Å². The van der Waals surface area contributed by atoms with Gasteiger partial charge >= 0.3 is 6.18 Å². The van der Waals surface area contributed by atoms with Crippen molar-refractivity contribution in [1.29, 1.82) is 0 Å². The zero-order valence-electron chi connectivity index (χ0n) is 10.4. The molecule has 0 radical (unpaired) electrons. The molecule has 2 aromatic carbocycles. The Bertz CT molecular complexity index is 654. The molecule has 0 fully saturated rings. The van der Waals surface area contributed by atoms with Gasteiger partial charge in [-0.2, -0.15) is 13.2 Å². The second-order valence-corrected chi connectivity index (χ2v) is 4.69. The van der Waals surface area contributed by atoms with Gasteiger partial charge in [-0.3, -0.25) is 0 Å². The molecule has 2 aromatic rings. The minimum Gasteiger partial charge on any atom is -0.381 e. The van der Waals surface area contributed by atoms with Gasteiger partial charge in [0.05, 0.1) is 10.6 Å². The van der Waals surface area contributed by atoms with Gasteiger partial charge in [-0.05, 0) is 36.4 Å². The minimum absolute atomic E-state index is 0.0125. The Hall–Kier alpha value is -1.82. The van der Waals surface area contributed by atoms with Gasteiger partial charge in [0, 0.05) is 17.8 Å². The van der Waals surface area contributed by atoms with Crippen LogP contribution in [0.3, 0.4) is 0 Å². The van der Waals surface area contributed by atoms with Crippen molar-refractivity contribution in [3.05, 3.63) is 64.2 Å². The SMILES string of the molecule is Fc1ccc(F)c(CNc2ccc(Cl)c(C(F)(F)F)c2)c1. The molecule has 1 nitrogen and oxygen atoms in total. The van der Waals surface area contributed by atoms with E-state index in [1.807, 2.05) is 0 Å². The lowest BCUT2D eigenvalue weighted by atomic mass is 10.1. The molecule has 0 aliphatic heterocycles. The van der Waals surface area contributed by atoms with E-state index in [0.717, 1.165) is 30.3 Å². The van der Waals surface area contributed by atoms with Crippen molar-refractivity contribution in [3.8, 4) is 0 Å². The Kier molecular flexibility index (Phi) is 4.37. The average molecular weight is 322 g/mol. The fourth-order valence-electron chi connectivity index (χ4n) is 1.73. The highest BCUT2D eigenvalue weighted by molar-refractivity contribution is 6.31. The first kappa shape index (κ1) is 15.6. The lowest BCUT2D eigenvalue weighted by Gasteiger charge is -2.12. The van der Waals surface area contributed by atoms with Crippen LogP contribution in [0.2, 0.25) is 5.02 Å². The molecule has 0 unspecified atom stereocenters. The summed E-state index contributed by atoms with van der Waals surface area (Å²) < 4.78 is 64.4. The molecule has 7 heteroatoms. The molecule has 0 amide bonds. The van der Waals surface area contributed by atoms with Crippen LogP contribution in [0.5, 0.6) is 0 Å². The van der Waals surface area contributed by atoms with Gasteiger partial charge in [0.25, 0.3) is 0 Å². The predicted molar refractivity (Wildman–Crippen MR) is 70.1 cm³/mol. The number of anilines is 1. The van der Waals surface area contributed by atoms with Gasteiger partial charge in [-0.15, -0.1) is 0 Å². The Labute approximate surface area is 122 Å². The molecular weight excluding hydrogens is 313 g/mol. The second kappa shape index (κ2) is 5.89. The van der Waals surface area contributed by atoms with Crippen molar-refractivity contribution in [2.45, 2.75) is 12.7 Å². The number of rotatable bonds is 3. The summed E-state index contributed by atoms with van der Waals surface area (Å²) in [6.45, 7) is -0.150. The maximum absolute atomic E-state index is 13.4. The first-order valence-electron chi connectivity index (χ1n) is 5.82. The van der Waals surface area contributed by atoms with E-state index in [2.05, 4.69) is 5.32 Å². The van der Waals surface area contributed by atoms with E-state index in [1.165, 1.54) is 6.07 Å². The van der Waals surface area contributed by atoms with Crippen LogP contribution < -0.4 is 5.32 Å². The Morgan fingerprint density at radius 3 is 2.38 bits per heavy atom. The van der Waals surface area contributed by atoms with E-state index in [4.69, 9.17) is 11.6 Å². The normalized spacial score (nSPS) is 11.5. The molecule has 0 atom stereocenters. The minimum atomic E-state index is -4.58. The number of hydrogen-bond acceptors (Lipinski definition) is 1. The Morgan fingerprint density at radius 2 is 1.71 bits per heavy atom. The molecule has 0 aliphatic rings. The molecule has 0 aromatic heterocycles. The molecular formula is C14H9ClF5N. The van der Waals surface area contributed by atoms with E-state index >= 15 is 0 Å². The summed E-state index contributed by atoms with van der Waals surface area (Å²) >= 11 is 5.49. The number of hydrogen-bond donors (Lipinski definition) is 1. The third-order valence-electron chi connectivity index (χ3n) is 2.76. The zero-order chi connectivity index (χ0) is 15.6. The topological polar surface area (TPSA) is 12.0 Å². The maximum atomic E-state index is 13.4. The number of nitrogens with one attached hydrogen (secondary N) is 1. The third-order valence-corrected chi connectivity index (χ3v) is 3.09. The number of alkyl halides is 3. The first-order valence-corrected chi connectivity index (χ1v) is 6.20. The van der Waals surface area contributed by atoms with Crippen LogP contribution in [0.15, 0.2) is 36.4 Å². The summed E-state index contributed by atoms with van der Waals surface area (Å²) in [6.07, 6.45) is -4.58. The van der Waals surface area contributed by atoms with Gasteiger partial charge in [0.2, 0.25) is 0 Å². The van der Waals surface area contributed by atoms with Crippen molar-refractivity contribution in [2.75, 3.05) is 5.32 Å². The molecule has 2 rings (SSSR count). The molecule has 0 saturated carbocycles. The molecule has 0 bridgehead atoms. The lowest BCUT2D eigenvalue weighted by Crippen LogP contribution is -2.08. The summed E-state index contributed by atoms with van der Waals surface area (Å²) in [5.41, 5.74) is -0.872. The van der Waals surface area contributed by atoms with E-state index in [1.54, 1.807) is 0 Å².